The molecule has 50 valence electrons. The standard InChI is InChI=1S/C8H9NSi/c1-6-2-3-7(5-9)8(10)4-6/h2-4H,1,10H3. The van der Waals surface area contributed by atoms with Crippen molar-refractivity contribution in [3.05, 3.63) is 29.3 Å². The minimum atomic E-state index is 0.831. The van der Waals surface area contributed by atoms with Gasteiger partial charge in [0.25, 0.3) is 0 Å². The first kappa shape index (κ1) is 7.04. The van der Waals surface area contributed by atoms with Crippen molar-refractivity contribution < 1.29 is 0 Å². The van der Waals surface area contributed by atoms with Crippen LogP contribution < -0.4 is 5.19 Å². The molecule has 0 aromatic heterocycles. The van der Waals surface area contributed by atoms with Crippen molar-refractivity contribution in [3.8, 4) is 6.07 Å². The van der Waals surface area contributed by atoms with Crippen LogP contribution in [0.4, 0.5) is 0 Å². The maximum absolute atomic E-state index is 8.58. The lowest BCUT2D eigenvalue weighted by Crippen LogP contribution is -2.07. The number of nitrogens with zero attached hydrogens (tertiary/aromatic N) is 1. The average molecular weight is 147 g/mol. The van der Waals surface area contributed by atoms with E-state index in [9.17, 15) is 0 Å². The Morgan fingerprint density at radius 2 is 2.20 bits per heavy atom. The summed E-state index contributed by atoms with van der Waals surface area (Å²) in [6, 6.07) is 8.09. The largest absolute Gasteiger partial charge is 0.192 e. The summed E-state index contributed by atoms with van der Waals surface area (Å²) >= 11 is 0. The molecular weight excluding hydrogens is 138 g/mol. The zero-order valence-electron chi connectivity index (χ0n) is 6.18. The number of rotatable bonds is 0. The molecular formula is C8H9NSi. The molecule has 0 aliphatic rings. The van der Waals surface area contributed by atoms with Gasteiger partial charge in [0.05, 0.1) is 11.6 Å². The first-order valence-corrected chi connectivity index (χ1v) is 4.21. The molecule has 0 unspecified atom stereocenters. The molecule has 1 rings (SSSR count). The minimum Gasteiger partial charge on any atom is -0.192 e. The Kier molecular flexibility index (Phi) is 1.88. The van der Waals surface area contributed by atoms with E-state index in [1.54, 1.807) is 0 Å². The summed E-state index contributed by atoms with van der Waals surface area (Å²) in [5, 5.41) is 9.78. The van der Waals surface area contributed by atoms with Gasteiger partial charge in [0.2, 0.25) is 0 Å². The number of hydrogen-bond donors (Lipinski definition) is 0. The highest BCUT2D eigenvalue weighted by Gasteiger charge is 1.93. The third-order valence-corrected chi connectivity index (χ3v) is 2.33. The fraction of sp³-hybridized carbons (Fsp3) is 0.125. The Morgan fingerprint density at radius 3 is 2.70 bits per heavy atom. The molecule has 1 nitrogen and oxygen atoms in total. The van der Waals surface area contributed by atoms with Crippen molar-refractivity contribution >= 4 is 15.4 Å². The first-order chi connectivity index (χ1) is 4.74. The van der Waals surface area contributed by atoms with Crippen LogP contribution in [0.1, 0.15) is 11.1 Å². The topological polar surface area (TPSA) is 23.8 Å². The second kappa shape index (κ2) is 2.67. The Morgan fingerprint density at radius 1 is 1.50 bits per heavy atom. The van der Waals surface area contributed by atoms with Gasteiger partial charge < -0.3 is 0 Å². The van der Waals surface area contributed by atoms with Crippen LogP contribution >= 0.6 is 0 Å². The fourth-order valence-electron chi connectivity index (χ4n) is 0.939. The zero-order valence-corrected chi connectivity index (χ0v) is 8.18. The molecule has 0 spiro atoms. The minimum absolute atomic E-state index is 0.831. The zero-order chi connectivity index (χ0) is 7.56. The maximum Gasteiger partial charge on any atom is 0.0989 e. The molecule has 1 aromatic carbocycles. The van der Waals surface area contributed by atoms with Crippen molar-refractivity contribution in [2.75, 3.05) is 0 Å². The van der Waals surface area contributed by atoms with E-state index in [-0.39, 0.29) is 0 Å². The predicted octanol–water partition coefficient (Wildman–Crippen LogP) is -0.143. The van der Waals surface area contributed by atoms with E-state index < -0.39 is 0 Å². The van der Waals surface area contributed by atoms with Crippen molar-refractivity contribution in [2.24, 2.45) is 0 Å². The van der Waals surface area contributed by atoms with Gasteiger partial charge in [0.15, 0.2) is 0 Å². The molecule has 0 radical (unpaired) electrons. The van der Waals surface area contributed by atoms with Crippen molar-refractivity contribution in [3.63, 3.8) is 0 Å². The van der Waals surface area contributed by atoms with Crippen LogP contribution in [-0.2, 0) is 0 Å². The van der Waals surface area contributed by atoms with Crippen molar-refractivity contribution in [1.29, 1.82) is 5.26 Å². The molecule has 0 bridgehead atoms. The van der Waals surface area contributed by atoms with E-state index in [0.29, 0.717) is 0 Å². The Bertz CT molecular complexity index is 286. The number of hydrogen-bond acceptors (Lipinski definition) is 1. The lowest BCUT2D eigenvalue weighted by Gasteiger charge is -1.96. The second-order valence-corrected chi connectivity index (χ2v) is 3.51. The average Bonchev–Trinajstić information content (AvgIpc) is 1.88. The van der Waals surface area contributed by atoms with Gasteiger partial charge in [-0.15, -0.1) is 0 Å². The summed E-state index contributed by atoms with van der Waals surface area (Å²) in [6.45, 7) is 2.04. The molecule has 0 fully saturated rings. The molecule has 0 amide bonds. The van der Waals surface area contributed by atoms with Crippen LogP contribution in [-0.4, -0.2) is 10.2 Å². The first-order valence-electron chi connectivity index (χ1n) is 3.21. The third kappa shape index (κ3) is 1.25. The van der Waals surface area contributed by atoms with Crippen LogP contribution in [0.2, 0.25) is 0 Å². The predicted molar refractivity (Wildman–Crippen MR) is 45.5 cm³/mol. The quantitative estimate of drug-likeness (QED) is 0.468. The summed E-state index contributed by atoms with van der Waals surface area (Å²) in [5.41, 5.74) is 2.07. The molecule has 0 aliphatic carbocycles. The Hall–Kier alpha value is -1.07. The van der Waals surface area contributed by atoms with E-state index in [2.05, 4.69) is 12.1 Å². The van der Waals surface area contributed by atoms with Crippen LogP contribution in [0.5, 0.6) is 0 Å². The molecule has 10 heavy (non-hydrogen) atoms. The highest BCUT2D eigenvalue weighted by Crippen LogP contribution is 1.96. The molecule has 1 aromatic rings. The van der Waals surface area contributed by atoms with E-state index in [1.807, 2.05) is 19.1 Å². The number of nitriles is 1. The molecule has 0 N–H and O–H groups in total. The summed E-state index contributed by atoms with van der Waals surface area (Å²) in [6.07, 6.45) is 0. The molecule has 0 saturated carbocycles. The number of benzene rings is 1. The summed E-state index contributed by atoms with van der Waals surface area (Å²) < 4.78 is 0. The van der Waals surface area contributed by atoms with Gasteiger partial charge in [-0.25, -0.2) is 0 Å². The van der Waals surface area contributed by atoms with Crippen LogP contribution in [0, 0.1) is 18.3 Å². The monoisotopic (exact) mass is 147 g/mol. The van der Waals surface area contributed by atoms with E-state index in [0.717, 1.165) is 15.8 Å². The van der Waals surface area contributed by atoms with Gasteiger partial charge in [0.1, 0.15) is 0 Å². The molecule has 0 saturated heterocycles. The SMILES string of the molecule is Cc1ccc(C#N)c([SiH3])c1. The van der Waals surface area contributed by atoms with Crippen LogP contribution in [0.3, 0.4) is 0 Å². The van der Waals surface area contributed by atoms with Gasteiger partial charge >= 0.3 is 0 Å². The molecule has 0 atom stereocenters. The smallest absolute Gasteiger partial charge is 0.0989 e. The number of aryl methyl sites for hydroxylation is 1. The second-order valence-electron chi connectivity index (χ2n) is 2.43. The lowest BCUT2D eigenvalue weighted by atomic mass is 10.2. The highest BCUT2D eigenvalue weighted by molar-refractivity contribution is 6.33. The summed E-state index contributed by atoms with van der Waals surface area (Å²) in [5.74, 6) is 0. The third-order valence-electron chi connectivity index (χ3n) is 1.50. The highest BCUT2D eigenvalue weighted by atomic mass is 28.1. The Labute approximate surface area is 63.7 Å². The Balaban J connectivity index is 3.23. The van der Waals surface area contributed by atoms with E-state index in [4.69, 9.17) is 5.26 Å². The van der Waals surface area contributed by atoms with Crippen molar-refractivity contribution in [1.82, 2.24) is 0 Å². The van der Waals surface area contributed by atoms with Gasteiger partial charge in [-0.2, -0.15) is 5.26 Å². The van der Waals surface area contributed by atoms with Crippen LogP contribution in [0.25, 0.3) is 0 Å². The van der Waals surface area contributed by atoms with Gasteiger partial charge in [-0.1, -0.05) is 22.9 Å². The van der Waals surface area contributed by atoms with E-state index >= 15 is 0 Å². The summed E-state index contributed by atoms with van der Waals surface area (Å²) in [4.78, 5) is 0. The maximum atomic E-state index is 8.58. The summed E-state index contributed by atoms with van der Waals surface area (Å²) in [7, 11) is 0.961. The van der Waals surface area contributed by atoms with Gasteiger partial charge in [0, 0.05) is 10.2 Å². The van der Waals surface area contributed by atoms with Crippen molar-refractivity contribution in [2.45, 2.75) is 6.92 Å². The van der Waals surface area contributed by atoms with Gasteiger partial charge in [-0.3, -0.25) is 0 Å². The van der Waals surface area contributed by atoms with Gasteiger partial charge in [-0.05, 0) is 13.0 Å². The molecule has 0 aliphatic heterocycles. The molecule has 2 heteroatoms. The molecule has 0 heterocycles. The van der Waals surface area contributed by atoms with Crippen LogP contribution in [0.15, 0.2) is 18.2 Å². The fourth-order valence-corrected chi connectivity index (χ4v) is 1.67. The normalized spacial score (nSPS) is 9.20. The lowest BCUT2D eigenvalue weighted by molar-refractivity contribution is 1.45. The van der Waals surface area contributed by atoms with E-state index in [1.165, 1.54) is 10.8 Å².